The number of hydrogen-bond acceptors (Lipinski definition) is 4. The van der Waals surface area contributed by atoms with E-state index in [-0.39, 0.29) is 5.92 Å². The van der Waals surface area contributed by atoms with Crippen molar-refractivity contribution in [3.63, 3.8) is 0 Å². The summed E-state index contributed by atoms with van der Waals surface area (Å²) in [6.45, 7) is 15.1. The molecule has 6 nitrogen and oxygen atoms in total. The van der Waals surface area contributed by atoms with E-state index in [2.05, 4.69) is 156 Å². The summed E-state index contributed by atoms with van der Waals surface area (Å²) in [4.78, 5) is 4.84. The van der Waals surface area contributed by atoms with Crippen LogP contribution >= 0.6 is 0 Å². The quantitative estimate of drug-likeness (QED) is 0.153. The Labute approximate surface area is 300 Å². The lowest BCUT2D eigenvalue weighted by Crippen LogP contribution is -2.25. The maximum absolute atomic E-state index is 6.80. The van der Waals surface area contributed by atoms with Crippen molar-refractivity contribution in [2.24, 2.45) is 0 Å². The van der Waals surface area contributed by atoms with Gasteiger partial charge in [-0.2, -0.15) is 5.10 Å². The highest BCUT2D eigenvalue weighted by Crippen LogP contribution is 2.49. The summed E-state index contributed by atoms with van der Waals surface area (Å²) in [7, 11) is 0. The Morgan fingerprint density at radius 3 is 2.16 bits per heavy atom. The van der Waals surface area contributed by atoms with Crippen LogP contribution in [0, 0.1) is 0 Å². The second-order valence-electron chi connectivity index (χ2n) is 15.5. The van der Waals surface area contributed by atoms with Gasteiger partial charge < -0.3 is 9.47 Å². The number of fused-ring (bicyclic) bond motifs is 3. The number of para-hydroxylation sites is 1. The molecule has 1 saturated carbocycles. The molecule has 258 valence electrons. The van der Waals surface area contributed by atoms with Crippen molar-refractivity contribution in [2.75, 3.05) is 0 Å². The Morgan fingerprint density at radius 1 is 0.706 bits per heavy atom. The first-order valence-electron chi connectivity index (χ1n) is 18.2. The van der Waals surface area contributed by atoms with E-state index in [1.165, 1.54) is 16.5 Å². The van der Waals surface area contributed by atoms with Gasteiger partial charge in [-0.15, -0.1) is 0 Å². The number of nitrogens with zero attached hydrogens (tertiary/aromatic N) is 4. The van der Waals surface area contributed by atoms with E-state index >= 15 is 0 Å². The van der Waals surface area contributed by atoms with Gasteiger partial charge in [0.2, 0.25) is 5.88 Å². The van der Waals surface area contributed by atoms with E-state index in [1.807, 2.05) is 10.9 Å². The molecule has 0 saturated heterocycles. The molecule has 0 amide bonds. The van der Waals surface area contributed by atoms with Gasteiger partial charge in [-0.05, 0) is 105 Å². The molecule has 4 aromatic carbocycles. The summed E-state index contributed by atoms with van der Waals surface area (Å²) >= 11 is 0. The highest BCUT2D eigenvalue weighted by atomic mass is 16.5. The monoisotopic (exact) mass is 674 g/mol. The largest absolute Gasteiger partial charge is 0.471 e. The van der Waals surface area contributed by atoms with Crippen molar-refractivity contribution in [3.05, 3.63) is 126 Å². The van der Waals surface area contributed by atoms with Gasteiger partial charge in [0.15, 0.2) is 0 Å². The van der Waals surface area contributed by atoms with E-state index in [0.717, 1.165) is 75.0 Å². The van der Waals surface area contributed by atoms with Crippen LogP contribution in [0.25, 0.3) is 44.4 Å². The molecule has 6 heteroatoms. The van der Waals surface area contributed by atoms with Gasteiger partial charge in [-0.25, -0.2) is 9.67 Å². The average Bonchev–Trinajstić information content (AvgIpc) is 3.82. The van der Waals surface area contributed by atoms with Crippen molar-refractivity contribution >= 4 is 21.8 Å². The number of rotatable bonds is 9. The number of ether oxygens (including phenoxy) is 2. The van der Waals surface area contributed by atoms with Crippen LogP contribution in [-0.4, -0.2) is 24.9 Å². The van der Waals surface area contributed by atoms with Gasteiger partial charge in [0.25, 0.3) is 0 Å². The maximum Gasteiger partial charge on any atom is 0.225 e. The molecule has 0 aliphatic heterocycles. The van der Waals surface area contributed by atoms with E-state index < -0.39 is 5.60 Å². The first-order chi connectivity index (χ1) is 24.5. The third-order valence-electron chi connectivity index (χ3n) is 9.67. The zero-order valence-corrected chi connectivity index (χ0v) is 30.6. The van der Waals surface area contributed by atoms with Crippen molar-refractivity contribution < 1.29 is 9.47 Å². The van der Waals surface area contributed by atoms with Crippen LogP contribution in [0.3, 0.4) is 0 Å². The molecule has 0 bridgehead atoms. The molecule has 0 atom stereocenters. The fraction of sp³-hybridized carbons (Fsp3) is 0.289. The molecule has 3 aromatic heterocycles. The summed E-state index contributed by atoms with van der Waals surface area (Å²) in [6.07, 6.45) is 4.20. The average molecular weight is 675 g/mol. The Hall–Kier alpha value is -5.36. The maximum atomic E-state index is 6.80. The van der Waals surface area contributed by atoms with E-state index in [1.54, 1.807) is 0 Å². The van der Waals surface area contributed by atoms with Crippen LogP contribution in [0.5, 0.6) is 17.4 Å². The molecule has 0 spiro atoms. The first kappa shape index (κ1) is 32.8. The highest BCUT2D eigenvalue weighted by molar-refractivity contribution is 6.09. The molecule has 1 fully saturated rings. The topological polar surface area (TPSA) is 54.1 Å². The third-order valence-corrected chi connectivity index (χ3v) is 9.67. The lowest BCUT2D eigenvalue weighted by atomic mass is 10.0. The summed E-state index contributed by atoms with van der Waals surface area (Å²) in [5, 5.41) is 7.65. The normalized spacial score (nSPS) is 13.5. The Morgan fingerprint density at radius 2 is 1.43 bits per heavy atom. The zero-order chi connectivity index (χ0) is 35.4. The standard InChI is InChI=1S/C45H46N4O2/c1-28(2)32-21-22-46-41(25-32)48-39-16-12-11-15-37(39)38-20-19-35(27-40(38)48)50-36-24-33(29(3)4)23-34(26-36)49-44(51-45(5,6)7)42(30-13-9-8-10-14-30)43(47-49)31-17-18-31/h8-16,19-29,31H,17-18H2,1-7H3. The van der Waals surface area contributed by atoms with Gasteiger partial charge in [0.1, 0.15) is 22.9 Å². The second-order valence-corrected chi connectivity index (χ2v) is 15.5. The van der Waals surface area contributed by atoms with Crippen LogP contribution < -0.4 is 9.47 Å². The van der Waals surface area contributed by atoms with Crippen LogP contribution in [0.2, 0.25) is 0 Å². The summed E-state index contributed by atoms with van der Waals surface area (Å²) < 4.78 is 17.9. The minimum atomic E-state index is -0.422. The summed E-state index contributed by atoms with van der Waals surface area (Å²) in [5.74, 6) is 4.29. The molecular weight excluding hydrogens is 629 g/mol. The first-order valence-corrected chi connectivity index (χ1v) is 18.2. The molecule has 51 heavy (non-hydrogen) atoms. The molecule has 1 aliphatic carbocycles. The van der Waals surface area contributed by atoms with Gasteiger partial charge in [0.05, 0.1) is 28.0 Å². The fourth-order valence-electron chi connectivity index (χ4n) is 6.93. The summed E-state index contributed by atoms with van der Waals surface area (Å²) in [6, 6.07) is 36.2. The molecule has 0 N–H and O–H groups in total. The van der Waals surface area contributed by atoms with Gasteiger partial charge in [-0.3, -0.25) is 4.57 Å². The second kappa shape index (κ2) is 12.8. The van der Waals surface area contributed by atoms with Gasteiger partial charge in [0, 0.05) is 35.0 Å². The molecule has 0 unspecified atom stereocenters. The number of pyridine rings is 1. The number of hydrogen-bond donors (Lipinski definition) is 0. The zero-order valence-electron chi connectivity index (χ0n) is 30.6. The fourth-order valence-corrected chi connectivity index (χ4v) is 6.93. The van der Waals surface area contributed by atoms with E-state index in [0.29, 0.717) is 11.8 Å². The summed E-state index contributed by atoms with van der Waals surface area (Å²) in [5.41, 5.74) is 8.40. The predicted octanol–water partition coefficient (Wildman–Crippen LogP) is 12.1. The molecule has 1 aliphatic rings. The minimum Gasteiger partial charge on any atom is -0.471 e. The lowest BCUT2D eigenvalue weighted by molar-refractivity contribution is 0.121. The van der Waals surface area contributed by atoms with Crippen LogP contribution in [0.15, 0.2) is 109 Å². The van der Waals surface area contributed by atoms with E-state index in [9.17, 15) is 0 Å². The number of aromatic nitrogens is 4. The van der Waals surface area contributed by atoms with Crippen molar-refractivity contribution in [1.82, 2.24) is 19.3 Å². The smallest absolute Gasteiger partial charge is 0.225 e. The molecule has 8 rings (SSSR count). The Bertz CT molecular complexity index is 2370. The van der Waals surface area contributed by atoms with Gasteiger partial charge >= 0.3 is 0 Å². The van der Waals surface area contributed by atoms with Crippen molar-refractivity contribution in [1.29, 1.82) is 0 Å². The molecule has 0 radical (unpaired) electrons. The molecular formula is C45H46N4O2. The predicted molar refractivity (Wildman–Crippen MR) is 208 cm³/mol. The SMILES string of the molecule is CC(C)c1cc(Oc2ccc3c4ccccc4n(-c4cc(C(C)C)ccn4)c3c2)cc(-n2nc(C3CC3)c(-c3ccccc3)c2OC(C)(C)C)c1. The Balaban J connectivity index is 1.27. The van der Waals surface area contributed by atoms with Crippen molar-refractivity contribution in [2.45, 2.75) is 84.7 Å². The molecule has 3 heterocycles. The van der Waals surface area contributed by atoms with Crippen molar-refractivity contribution in [3.8, 4) is 40.0 Å². The van der Waals surface area contributed by atoms with Crippen LogP contribution in [0.1, 0.15) is 95.9 Å². The van der Waals surface area contributed by atoms with Gasteiger partial charge in [-0.1, -0.05) is 76.2 Å². The van der Waals surface area contributed by atoms with Crippen LogP contribution in [-0.2, 0) is 0 Å². The van der Waals surface area contributed by atoms with Crippen LogP contribution in [0.4, 0.5) is 0 Å². The van der Waals surface area contributed by atoms with E-state index in [4.69, 9.17) is 19.6 Å². The Kier molecular flexibility index (Phi) is 8.21. The highest BCUT2D eigenvalue weighted by Gasteiger charge is 2.35. The number of benzene rings is 4. The molecule has 7 aromatic rings. The minimum absolute atomic E-state index is 0.274. The lowest BCUT2D eigenvalue weighted by Gasteiger charge is -2.23. The third kappa shape index (κ3) is 6.40.